The molecule has 2 aromatic rings. The third-order valence-corrected chi connectivity index (χ3v) is 2.72. The largest absolute Gasteiger partial charge is 0.508 e. The van der Waals surface area contributed by atoms with Crippen LogP contribution in [0.15, 0.2) is 36.4 Å². The Kier molecular flexibility index (Phi) is 3.41. The molecule has 1 nitrogen and oxygen atoms in total. The van der Waals surface area contributed by atoms with Gasteiger partial charge in [-0.25, -0.2) is 4.39 Å². The summed E-state index contributed by atoms with van der Waals surface area (Å²) >= 11 is 5.68. The Morgan fingerprint density at radius 3 is 2.32 bits per heavy atom. The van der Waals surface area contributed by atoms with Crippen molar-refractivity contribution < 1.29 is 22.7 Å². The molecule has 0 aromatic heterocycles. The van der Waals surface area contributed by atoms with Gasteiger partial charge in [0.25, 0.3) is 0 Å². The third kappa shape index (κ3) is 2.98. The molecule has 1 N–H and O–H groups in total. The van der Waals surface area contributed by atoms with Crippen LogP contribution in [0.5, 0.6) is 5.75 Å². The van der Waals surface area contributed by atoms with Crippen LogP contribution in [0.25, 0.3) is 11.1 Å². The Bertz CT molecular complexity index is 623. The summed E-state index contributed by atoms with van der Waals surface area (Å²) in [6.45, 7) is 0. The fraction of sp³-hybridized carbons (Fsp3) is 0.0769. The van der Waals surface area contributed by atoms with Crippen LogP contribution in [0, 0.1) is 5.82 Å². The maximum atomic E-state index is 13.6. The zero-order valence-electron chi connectivity index (χ0n) is 9.30. The lowest BCUT2D eigenvalue weighted by molar-refractivity contribution is -0.137. The SMILES string of the molecule is Oc1cc(-c2cc(Cl)ccc2F)cc(C(F)(F)F)c1. The van der Waals surface area contributed by atoms with Crippen LogP contribution in [-0.2, 0) is 6.18 Å². The topological polar surface area (TPSA) is 20.2 Å². The van der Waals surface area contributed by atoms with Gasteiger partial charge >= 0.3 is 6.18 Å². The molecule has 100 valence electrons. The van der Waals surface area contributed by atoms with E-state index in [2.05, 4.69) is 0 Å². The van der Waals surface area contributed by atoms with Crippen LogP contribution >= 0.6 is 11.6 Å². The molecule has 0 aliphatic carbocycles. The second-order valence-electron chi connectivity index (χ2n) is 3.89. The molecule has 0 radical (unpaired) electrons. The predicted molar refractivity (Wildman–Crippen MR) is 63.5 cm³/mol. The summed E-state index contributed by atoms with van der Waals surface area (Å²) < 4.78 is 51.4. The molecule has 0 amide bonds. The van der Waals surface area contributed by atoms with Crippen LogP contribution in [0.2, 0.25) is 5.02 Å². The Labute approximate surface area is 111 Å². The van der Waals surface area contributed by atoms with Gasteiger partial charge < -0.3 is 5.11 Å². The first kappa shape index (κ1) is 13.7. The molecule has 0 heterocycles. The predicted octanol–water partition coefficient (Wildman–Crippen LogP) is 4.87. The number of hydrogen-bond donors (Lipinski definition) is 1. The molecule has 0 aliphatic heterocycles. The molecule has 0 spiro atoms. The Morgan fingerprint density at radius 1 is 1.00 bits per heavy atom. The summed E-state index contributed by atoms with van der Waals surface area (Å²) in [7, 11) is 0. The van der Waals surface area contributed by atoms with Crippen molar-refractivity contribution in [3.05, 3.63) is 52.8 Å². The number of halogens is 5. The Balaban J connectivity index is 2.63. The summed E-state index contributed by atoms with van der Waals surface area (Å²) in [5, 5.41) is 9.51. The van der Waals surface area contributed by atoms with Gasteiger partial charge in [0.05, 0.1) is 5.56 Å². The summed E-state index contributed by atoms with van der Waals surface area (Å²) in [5.74, 6) is -1.31. The summed E-state index contributed by atoms with van der Waals surface area (Å²) in [5.41, 5.74) is -1.25. The van der Waals surface area contributed by atoms with E-state index < -0.39 is 23.3 Å². The quantitative estimate of drug-likeness (QED) is 0.743. The van der Waals surface area contributed by atoms with E-state index in [-0.39, 0.29) is 16.1 Å². The van der Waals surface area contributed by atoms with Crippen molar-refractivity contribution in [2.75, 3.05) is 0 Å². The zero-order chi connectivity index (χ0) is 14.2. The van der Waals surface area contributed by atoms with E-state index in [1.807, 2.05) is 0 Å². The lowest BCUT2D eigenvalue weighted by Gasteiger charge is -2.11. The molecular weight excluding hydrogens is 284 g/mol. The van der Waals surface area contributed by atoms with Gasteiger partial charge in [-0.15, -0.1) is 0 Å². The minimum Gasteiger partial charge on any atom is -0.508 e. The molecule has 0 atom stereocenters. The minimum absolute atomic E-state index is 0.0904. The highest BCUT2D eigenvalue weighted by atomic mass is 35.5. The number of rotatable bonds is 1. The maximum absolute atomic E-state index is 13.6. The van der Waals surface area contributed by atoms with E-state index in [1.54, 1.807) is 0 Å². The van der Waals surface area contributed by atoms with Gasteiger partial charge in [0.15, 0.2) is 0 Å². The van der Waals surface area contributed by atoms with Gasteiger partial charge in [-0.1, -0.05) is 11.6 Å². The number of phenols is 1. The van der Waals surface area contributed by atoms with Crippen molar-refractivity contribution in [1.29, 1.82) is 0 Å². The molecule has 6 heteroatoms. The number of alkyl halides is 3. The molecule has 2 rings (SSSR count). The molecule has 2 aromatic carbocycles. The average Bonchev–Trinajstić information content (AvgIpc) is 2.30. The van der Waals surface area contributed by atoms with Gasteiger partial charge in [0, 0.05) is 10.6 Å². The van der Waals surface area contributed by atoms with Crippen molar-refractivity contribution in [2.45, 2.75) is 6.18 Å². The first-order valence-corrected chi connectivity index (χ1v) is 5.52. The fourth-order valence-corrected chi connectivity index (χ4v) is 1.82. The Hall–Kier alpha value is -1.75. The fourth-order valence-electron chi connectivity index (χ4n) is 1.65. The second-order valence-corrected chi connectivity index (χ2v) is 4.33. The van der Waals surface area contributed by atoms with Crippen molar-refractivity contribution in [2.24, 2.45) is 0 Å². The van der Waals surface area contributed by atoms with Crippen molar-refractivity contribution in [1.82, 2.24) is 0 Å². The van der Waals surface area contributed by atoms with Gasteiger partial charge in [0.1, 0.15) is 11.6 Å². The standard InChI is InChI=1S/C13H7ClF4O/c14-9-1-2-12(15)11(6-9)7-3-8(13(16,17)18)5-10(19)4-7/h1-6,19H. The van der Waals surface area contributed by atoms with Crippen LogP contribution in [0.1, 0.15) is 5.56 Å². The maximum Gasteiger partial charge on any atom is 0.416 e. The van der Waals surface area contributed by atoms with Crippen molar-refractivity contribution >= 4 is 11.6 Å². The van der Waals surface area contributed by atoms with E-state index in [9.17, 15) is 22.7 Å². The van der Waals surface area contributed by atoms with E-state index in [4.69, 9.17) is 11.6 Å². The molecule has 0 aliphatic rings. The highest BCUT2D eigenvalue weighted by Gasteiger charge is 2.31. The van der Waals surface area contributed by atoms with Crippen LogP contribution in [0.3, 0.4) is 0 Å². The van der Waals surface area contributed by atoms with E-state index in [0.29, 0.717) is 6.07 Å². The third-order valence-electron chi connectivity index (χ3n) is 2.48. The summed E-state index contributed by atoms with van der Waals surface area (Å²) in [4.78, 5) is 0. The number of hydrogen-bond acceptors (Lipinski definition) is 1. The molecule has 0 bridgehead atoms. The number of aromatic hydroxyl groups is 1. The van der Waals surface area contributed by atoms with Crippen molar-refractivity contribution in [3.8, 4) is 16.9 Å². The van der Waals surface area contributed by atoms with Crippen molar-refractivity contribution in [3.63, 3.8) is 0 Å². The molecule has 0 saturated heterocycles. The minimum atomic E-state index is -4.62. The molecule has 19 heavy (non-hydrogen) atoms. The highest BCUT2D eigenvalue weighted by Crippen LogP contribution is 2.36. The summed E-state index contributed by atoms with van der Waals surface area (Å²) in [6.07, 6.45) is -4.62. The molecule has 0 saturated carbocycles. The number of benzene rings is 2. The zero-order valence-corrected chi connectivity index (χ0v) is 10.1. The monoisotopic (exact) mass is 290 g/mol. The van der Waals surface area contributed by atoms with E-state index in [0.717, 1.165) is 18.2 Å². The second kappa shape index (κ2) is 4.74. The van der Waals surface area contributed by atoms with Crippen LogP contribution in [0.4, 0.5) is 17.6 Å². The molecule has 0 unspecified atom stereocenters. The van der Waals surface area contributed by atoms with Gasteiger partial charge in [-0.2, -0.15) is 13.2 Å². The van der Waals surface area contributed by atoms with Gasteiger partial charge in [0.2, 0.25) is 0 Å². The first-order valence-electron chi connectivity index (χ1n) is 5.14. The smallest absolute Gasteiger partial charge is 0.416 e. The summed E-state index contributed by atoms with van der Waals surface area (Å²) in [6, 6.07) is 5.92. The van der Waals surface area contributed by atoms with E-state index >= 15 is 0 Å². The van der Waals surface area contributed by atoms with Gasteiger partial charge in [-0.3, -0.25) is 0 Å². The molecular formula is C13H7ClF4O. The highest BCUT2D eigenvalue weighted by molar-refractivity contribution is 6.30. The Morgan fingerprint density at radius 2 is 1.68 bits per heavy atom. The van der Waals surface area contributed by atoms with Crippen LogP contribution in [-0.4, -0.2) is 5.11 Å². The number of phenolic OH excluding ortho intramolecular Hbond substituents is 1. The van der Waals surface area contributed by atoms with Crippen LogP contribution < -0.4 is 0 Å². The average molecular weight is 291 g/mol. The van der Waals surface area contributed by atoms with Gasteiger partial charge in [-0.05, 0) is 42.0 Å². The normalized spacial score (nSPS) is 11.6. The molecule has 0 fully saturated rings. The lowest BCUT2D eigenvalue weighted by atomic mass is 10.0. The lowest BCUT2D eigenvalue weighted by Crippen LogP contribution is -2.04. The van der Waals surface area contributed by atoms with E-state index in [1.165, 1.54) is 12.1 Å². The first-order chi connectivity index (χ1) is 8.77.